The van der Waals surface area contributed by atoms with Crippen molar-refractivity contribution in [2.45, 2.75) is 4.90 Å². The molecule has 1 atom stereocenters. The molecule has 0 saturated carbocycles. The van der Waals surface area contributed by atoms with Crippen molar-refractivity contribution in [2.24, 2.45) is 4.36 Å². The van der Waals surface area contributed by atoms with Crippen molar-refractivity contribution in [3.8, 4) is 5.75 Å². The van der Waals surface area contributed by atoms with Gasteiger partial charge in [0.25, 0.3) is 5.91 Å². The largest absolute Gasteiger partial charge is 0.491 e. The zero-order valence-corrected chi connectivity index (χ0v) is 13.4. The van der Waals surface area contributed by atoms with E-state index >= 15 is 0 Å². The Balaban J connectivity index is 2.31. The molecule has 2 amide bonds. The number of rotatable bonds is 3. The lowest BCUT2D eigenvalue weighted by Gasteiger charge is -2.20. The van der Waals surface area contributed by atoms with Gasteiger partial charge in [-0.25, -0.2) is 4.21 Å². The standard InChI is InChI=1S/C13H13BrN2O4S/c1-2-12(17)15-8-13(18)16-21(19)6-5-20-10-4-3-9(14)7-11(10)21/h2-4,7H,1,5-6,8H2,(H,15,17). The van der Waals surface area contributed by atoms with E-state index in [0.29, 0.717) is 10.6 Å². The van der Waals surface area contributed by atoms with E-state index in [0.717, 1.165) is 10.5 Å². The molecule has 0 fully saturated rings. The number of fused-ring (bicyclic) bond motifs is 1. The third-order valence-electron chi connectivity index (χ3n) is 2.72. The molecule has 1 aliphatic heterocycles. The van der Waals surface area contributed by atoms with Crippen LogP contribution in [0.5, 0.6) is 5.75 Å². The first kappa shape index (κ1) is 15.7. The number of ether oxygens (including phenoxy) is 1. The summed E-state index contributed by atoms with van der Waals surface area (Å²) in [5.41, 5.74) is 0. The van der Waals surface area contributed by atoms with Crippen molar-refractivity contribution in [1.82, 2.24) is 5.32 Å². The fraction of sp³-hybridized carbons (Fsp3) is 0.231. The van der Waals surface area contributed by atoms with Crippen molar-refractivity contribution >= 4 is 37.5 Å². The summed E-state index contributed by atoms with van der Waals surface area (Å²) < 4.78 is 22.8. The van der Waals surface area contributed by atoms with Gasteiger partial charge in [0.2, 0.25) is 5.91 Å². The molecule has 6 nitrogen and oxygen atoms in total. The predicted octanol–water partition coefficient (Wildman–Crippen LogP) is 1.50. The summed E-state index contributed by atoms with van der Waals surface area (Å²) in [6, 6.07) is 5.07. The van der Waals surface area contributed by atoms with E-state index in [-0.39, 0.29) is 18.9 Å². The topological polar surface area (TPSA) is 84.8 Å². The maximum atomic E-state index is 12.9. The van der Waals surface area contributed by atoms with Crippen molar-refractivity contribution in [2.75, 3.05) is 18.9 Å². The van der Waals surface area contributed by atoms with E-state index in [1.54, 1.807) is 18.2 Å². The summed E-state index contributed by atoms with van der Waals surface area (Å²) in [5, 5.41) is 2.31. The molecule has 1 N–H and O–H groups in total. The van der Waals surface area contributed by atoms with Gasteiger partial charge in [-0.05, 0) is 24.3 Å². The first-order chi connectivity index (χ1) is 9.94. The highest BCUT2D eigenvalue weighted by atomic mass is 79.9. The van der Waals surface area contributed by atoms with Gasteiger partial charge in [0.15, 0.2) is 0 Å². The first-order valence-electron chi connectivity index (χ1n) is 6.05. The van der Waals surface area contributed by atoms with Gasteiger partial charge < -0.3 is 10.1 Å². The fourth-order valence-corrected chi connectivity index (χ4v) is 4.13. The minimum absolute atomic E-state index is 0.137. The van der Waals surface area contributed by atoms with Crippen LogP contribution < -0.4 is 10.1 Å². The van der Waals surface area contributed by atoms with Crippen LogP contribution in [0.3, 0.4) is 0 Å². The monoisotopic (exact) mass is 372 g/mol. The van der Waals surface area contributed by atoms with E-state index in [1.165, 1.54) is 0 Å². The Morgan fingerprint density at radius 2 is 2.29 bits per heavy atom. The highest BCUT2D eigenvalue weighted by Crippen LogP contribution is 2.32. The molecule has 2 rings (SSSR count). The number of hydrogen-bond donors (Lipinski definition) is 1. The molecule has 112 valence electrons. The molecule has 0 aromatic heterocycles. The van der Waals surface area contributed by atoms with Crippen LogP contribution in [0.4, 0.5) is 0 Å². The molecule has 0 radical (unpaired) electrons. The van der Waals surface area contributed by atoms with Crippen LogP contribution in [0.15, 0.2) is 44.6 Å². The van der Waals surface area contributed by atoms with Crippen molar-refractivity contribution in [3.05, 3.63) is 35.3 Å². The molecule has 0 spiro atoms. The third-order valence-corrected chi connectivity index (χ3v) is 5.43. The zero-order valence-electron chi connectivity index (χ0n) is 11.0. The van der Waals surface area contributed by atoms with E-state index in [1.807, 2.05) is 0 Å². The minimum Gasteiger partial charge on any atom is -0.491 e. The van der Waals surface area contributed by atoms with Gasteiger partial charge in [-0.2, -0.15) is 4.36 Å². The van der Waals surface area contributed by atoms with E-state index in [2.05, 4.69) is 32.2 Å². The summed E-state index contributed by atoms with van der Waals surface area (Å²) in [5.74, 6) is -0.537. The Morgan fingerprint density at radius 1 is 1.52 bits per heavy atom. The van der Waals surface area contributed by atoms with Crippen LogP contribution in [0.2, 0.25) is 0 Å². The maximum Gasteiger partial charge on any atom is 0.273 e. The molecule has 0 aliphatic carbocycles. The van der Waals surface area contributed by atoms with E-state index in [9.17, 15) is 13.8 Å². The minimum atomic E-state index is -2.88. The number of carbonyl (C=O) groups is 2. The lowest BCUT2D eigenvalue weighted by atomic mass is 10.3. The van der Waals surface area contributed by atoms with Crippen LogP contribution in [-0.4, -0.2) is 34.9 Å². The van der Waals surface area contributed by atoms with Crippen LogP contribution in [0.1, 0.15) is 0 Å². The second-order valence-corrected chi connectivity index (χ2v) is 7.42. The Hall–Kier alpha value is -1.67. The van der Waals surface area contributed by atoms with E-state index < -0.39 is 21.5 Å². The lowest BCUT2D eigenvalue weighted by molar-refractivity contribution is -0.121. The molecule has 1 aromatic rings. The smallest absolute Gasteiger partial charge is 0.273 e. The van der Waals surface area contributed by atoms with Crippen LogP contribution >= 0.6 is 15.9 Å². The molecule has 1 aromatic carbocycles. The Bertz CT molecular complexity index is 723. The van der Waals surface area contributed by atoms with Gasteiger partial charge in [0, 0.05) is 4.47 Å². The number of nitrogens with zero attached hydrogens (tertiary/aromatic N) is 1. The normalized spacial score (nSPS) is 19.9. The van der Waals surface area contributed by atoms with Gasteiger partial charge in [0.1, 0.15) is 12.4 Å². The van der Waals surface area contributed by atoms with Crippen LogP contribution in [0, 0.1) is 0 Å². The molecule has 21 heavy (non-hydrogen) atoms. The second-order valence-electron chi connectivity index (χ2n) is 4.19. The molecule has 0 saturated heterocycles. The molecule has 1 aliphatic rings. The zero-order chi connectivity index (χ0) is 15.5. The highest BCUT2D eigenvalue weighted by Gasteiger charge is 2.25. The number of benzene rings is 1. The van der Waals surface area contributed by atoms with Crippen molar-refractivity contribution in [3.63, 3.8) is 0 Å². The van der Waals surface area contributed by atoms with Crippen molar-refractivity contribution in [1.29, 1.82) is 0 Å². The van der Waals surface area contributed by atoms with Crippen LogP contribution in [-0.2, 0) is 19.3 Å². The molecule has 8 heteroatoms. The Labute approximate surface area is 130 Å². The van der Waals surface area contributed by atoms with Gasteiger partial charge in [0.05, 0.1) is 26.9 Å². The quantitative estimate of drug-likeness (QED) is 0.814. The fourth-order valence-electron chi connectivity index (χ4n) is 1.75. The van der Waals surface area contributed by atoms with Gasteiger partial charge in [-0.1, -0.05) is 22.5 Å². The van der Waals surface area contributed by atoms with Gasteiger partial charge in [-0.3, -0.25) is 9.59 Å². The highest BCUT2D eigenvalue weighted by molar-refractivity contribution is 9.10. The van der Waals surface area contributed by atoms with E-state index in [4.69, 9.17) is 4.74 Å². The van der Waals surface area contributed by atoms with Crippen LogP contribution in [0.25, 0.3) is 0 Å². The molecule has 1 unspecified atom stereocenters. The second kappa shape index (κ2) is 6.40. The van der Waals surface area contributed by atoms with Gasteiger partial charge in [-0.15, -0.1) is 0 Å². The number of hydrogen-bond acceptors (Lipinski definition) is 4. The number of carbonyl (C=O) groups excluding carboxylic acids is 2. The lowest BCUT2D eigenvalue weighted by Crippen LogP contribution is -2.29. The number of amides is 2. The Morgan fingerprint density at radius 3 is 3.00 bits per heavy atom. The number of halogens is 1. The summed E-state index contributed by atoms with van der Waals surface area (Å²) in [7, 11) is -2.88. The third kappa shape index (κ3) is 3.70. The summed E-state index contributed by atoms with van der Waals surface area (Å²) in [6.07, 6.45) is 1.05. The molecular weight excluding hydrogens is 360 g/mol. The summed E-state index contributed by atoms with van der Waals surface area (Å²) >= 11 is 3.29. The maximum absolute atomic E-state index is 12.9. The molecule has 1 heterocycles. The summed E-state index contributed by atoms with van der Waals surface area (Å²) in [6.45, 7) is 3.19. The molecule has 0 bridgehead atoms. The average Bonchev–Trinajstić information content (AvgIpc) is 2.45. The predicted molar refractivity (Wildman–Crippen MR) is 81.6 cm³/mol. The number of nitrogens with one attached hydrogen (secondary N) is 1. The molecular formula is C13H13BrN2O4S. The SMILES string of the molecule is C=CC(=O)NCC(=O)N=S1(=O)CCOc2ccc(Br)cc21. The Kier molecular flexibility index (Phi) is 4.79. The first-order valence-corrected chi connectivity index (χ1v) is 8.52. The average molecular weight is 373 g/mol. The van der Waals surface area contributed by atoms with Crippen molar-refractivity contribution < 1.29 is 18.5 Å². The summed E-state index contributed by atoms with van der Waals surface area (Å²) in [4.78, 5) is 23.2. The van der Waals surface area contributed by atoms with Gasteiger partial charge >= 0.3 is 0 Å².